The number of hydrogen-bond acceptors (Lipinski definition) is 4. The molecule has 2 aliphatic heterocycles. The molecule has 2 unspecified atom stereocenters. The Bertz CT molecular complexity index is 1200. The maximum absolute atomic E-state index is 15.8. The first-order valence-electron chi connectivity index (χ1n) is 10.2. The molecule has 158 valence electrons. The molecule has 1 aromatic carbocycles. The minimum atomic E-state index is -1.40. The van der Waals surface area contributed by atoms with E-state index in [0.717, 1.165) is 18.9 Å². The Morgan fingerprint density at radius 2 is 1.97 bits per heavy atom. The van der Waals surface area contributed by atoms with E-state index >= 15 is 8.78 Å². The van der Waals surface area contributed by atoms with Crippen molar-refractivity contribution < 1.29 is 18.7 Å². The van der Waals surface area contributed by atoms with E-state index < -0.39 is 28.6 Å². The summed E-state index contributed by atoms with van der Waals surface area (Å²) in [6.45, 7) is 5.08. The number of carboxylic acids is 1. The molecule has 2 fully saturated rings. The van der Waals surface area contributed by atoms with Crippen LogP contribution in [0.25, 0.3) is 10.9 Å². The number of aromatic carboxylic acids is 1. The van der Waals surface area contributed by atoms with Crippen LogP contribution >= 0.6 is 0 Å². The molecule has 1 saturated heterocycles. The number of likely N-dealkylation sites (N-methyl/N-ethyl adjacent to an activating group) is 1. The number of halogens is 2. The molecule has 2 atom stereocenters. The molecule has 0 bridgehead atoms. The zero-order chi connectivity index (χ0) is 21.5. The first-order chi connectivity index (χ1) is 14.2. The summed E-state index contributed by atoms with van der Waals surface area (Å²) in [5.41, 5.74) is 0.943. The van der Waals surface area contributed by atoms with Gasteiger partial charge in [-0.1, -0.05) is 5.57 Å². The van der Waals surface area contributed by atoms with Gasteiger partial charge in [0.25, 0.3) is 0 Å². The van der Waals surface area contributed by atoms with E-state index in [-0.39, 0.29) is 28.7 Å². The highest BCUT2D eigenvalue weighted by molar-refractivity contribution is 5.94. The van der Waals surface area contributed by atoms with Crippen LogP contribution in [-0.4, -0.2) is 52.8 Å². The second-order valence-corrected chi connectivity index (χ2v) is 8.68. The van der Waals surface area contributed by atoms with Gasteiger partial charge in [0.05, 0.1) is 16.9 Å². The van der Waals surface area contributed by atoms with Gasteiger partial charge < -0.3 is 14.6 Å². The molecule has 0 spiro atoms. The molecule has 6 nitrogen and oxygen atoms in total. The molecule has 8 heteroatoms. The Morgan fingerprint density at radius 3 is 2.57 bits per heavy atom. The number of rotatable bonds is 3. The van der Waals surface area contributed by atoms with Crippen LogP contribution < -0.4 is 10.3 Å². The lowest BCUT2D eigenvalue weighted by atomic mass is 10.1. The maximum Gasteiger partial charge on any atom is 0.341 e. The van der Waals surface area contributed by atoms with Crippen LogP contribution in [0.4, 0.5) is 14.5 Å². The molecule has 1 N–H and O–H groups in total. The molecule has 30 heavy (non-hydrogen) atoms. The van der Waals surface area contributed by atoms with Gasteiger partial charge in [0.15, 0.2) is 5.82 Å². The van der Waals surface area contributed by atoms with Gasteiger partial charge in [-0.15, -0.1) is 0 Å². The van der Waals surface area contributed by atoms with E-state index in [9.17, 15) is 14.7 Å². The molecular weight excluding hydrogens is 392 g/mol. The Morgan fingerprint density at radius 1 is 1.27 bits per heavy atom. The van der Waals surface area contributed by atoms with Crippen LogP contribution in [-0.2, 0) is 0 Å². The first kappa shape index (κ1) is 19.2. The molecule has 0 radical (unpaired) electrons. The van der Waals surface area contributed by atoms with Crippen LogP contribution in [0.5, 0.6) is 0 Å². The number of anilines is 1. The fraction of sp³-hybridized carbons (Fsp3) is 0.455. The van der Waals surface area contributed by atoms with E-state index in [1.165, 1.54) is 21.9 Å². The Labute approximate surface area is 172 Å². The monoisotopic (exact) mass is 415 g/mol. The minimum Gasteiger partial charge on any atom is -0.477 e. The van der Waals surface area contributed by atoms with Crippen molar-refractivity contribution in [1.82, 2.24) is 9.47 Å². The van der Waals surface area contributed by atoms with Gasteiger partial charge in [0.2, 0.25) is 5.43 Å². The number of carbonyl (C=O) groups is 1. The van der Waals surface area contributed by atoms with Crippen LogP contribution in [0.2, 0.25) is 0 Å². The van der Waals surface area contributed by atoms with Crippen LogP contribution in [0.1, 0.15) is 43.1 Å². The second-order valence-electron chi connectivity index (χ2n) is 8.68. The summed E-state index contributed by atoms with van der Waals surface area (Å²) >= 11 is 0. The van der Waals surface area contributed by atoms with Crippen molar-refractivity contribution in [2.24, 2.45) is 0 Å². The highest BCUT2D eigenvalue weighted by Gasteiger charge is 2.41. The summed E-state index contributed by atoms with van der Waals surface area (Å²) in [6, 6.07) is 1.33. The summed E-state index contributed by atoms with van der Waals surface area (Å²) in [5.74, 6) is -3.02. The fourth-order valence-electron chi connectivity index (χ4n) is 4.99. The Kier molecular flexibility index (Phi) is 4.09. The second kappa shape index (κ2) is 6.38. The number of aromatic nitrogens is 1. The highest BCUT2D eigenvalue weighted by atomic mass is 19.1. The standard InChI is InChI=1S/C22H23F2N3O3/c1-10-11(2)25(3)17-9-26(7-14(10)17)20-16(23)6-13-19(18(20)24)27(12-4-5-12)8-15(21(13)28)22(29)30/h6,8,11-12,17H,4-5,7,9H2,1-3H3,(H,29,30). The molecule has 3 heterocycles. The number of nitrogens with zero attached hydrogens (tertiary/aromatic N) is 3. The average molecular weight is 415 g/mol. The van der Waals surface area contributed by atoms with Gasteiger partial charge >= 0.3 is 5.97 Å². The van der Waals surface area contributed by atoms with E-state index in [0.29, 0.717) is 19.1 Å². The summed E-state index contributed by atoms with van der Waals surface area (Å²) < 4.78 is 32.4. The molecule has 2 aromatic rings. The molecule has 1 saturated carbocycles. The van der Waals surface area contributed by atoms with Crippen molar-refractivity contribution in [3.8, 4) is 0 Å². The van der Waals surface area contributed by atoms with Gasteiger partial charge in [-0.25, -0.2) is 13.6 Å². The lowest BCUT2D eigenvalue weighted by Gasteiger charge is -2.27. The number of fused-ring (bicyclic) bond motifs is 2. The molecule has 1 aromatic heterocycles. The zero-order valence-corrected chi connectivity index (χ0v) is 17.1. The molecule has 3 aliphatic rings. The predicted octanol–water partition coefficient (Wildman–Crippen LogP) is 3.15. The van der Waals surface area contributed by atoms with Gasteiger partial charge in [0, 0.05) is 31.4 Å². The Hall–Kier alpha value is -2.74. The van der Waals surface area contributed by atoms with Crippen LogP contribution in [0.3, 0.4) is 0 Å². The van der Waals surface area contributed by atoms with Crippen molar-refractivity contribution >= 4 is 22.6 Å². The van der Waals surface area contributed by atoms with Gasteiger partial charge in [-0.3, -0.25) is 9.69 Å². The number of carboxylic acid groups (broad SMARTS) is 1. The van der Waals surface area contributed by atoms with E-state index in [1.54, 1.807) is 4.90 Å². The SMILES string of the molecule is CC1=C2CN(c3c(F)cc4c(=O)c(C(=O)O)cn(C5CC5)c4c3F)CC2N(C)C1C. The molecular formula is C22H23F2N3O3. The third kappa shape index (κ3) is 2.56. The van der Waals surface area contributed by atoms with Crippen LogP contribution in [0, 0.1) is 11.6 Å². The van der Waals surface area contributed by atoms with Crippen LogP contribution in [0.15, 0.2) is 28.2 Å². The van der Waals surface area contributed by atoms with Gasteiger partial charge in [-0.05, 0) is 45.4 Å². The Balaban J connectivity index is 1.70. The number of pyridine rings is 1. The summed E-state index contributed by atoms with van der Waals surface area (Å²) in [5, 5.41) is 9.14. The largest absolute Gasteiger partial charge is 0.477 e. The van der Waals surface area contributed by atoms with E-state index in [2.05, 4.69) is 18.7 Å². The van der Waals surface area contributed by atoms with Crippen molar-refractivity contribution in [1.29, 1.82) is 0 Å². The zero-order valence-electron chi connectivity index (χ0n) is 17.1. The summed E-state index contributed by atoms with van der Waals surface area (Å²) in [7, 11) is 2.01. The molecule has 5 rings (SSSR count). The maximum atomic E-state index is 15.8. The summed E-state index contributed by atoms with van der Waals surface area (Å²) in [6.07, 6.45) is 2.74. The molecule has 0 amide bonds. The average Bonchev–Trinajstić information content (AvgIpc) is 3.42. The van der Waals surface area contributed by atoms with Gasteiger partial charge in [0.1, 0.15) is 17.1 Å². The summed E-state index contributed by atoms with van der Waals surface area (Å²) in [4.78, 5) is 28.0. The number of hydrogen-bond donors (Lipinski definition) is 1. The normalized spacial score (nSPS) is 24.2. The predicted molar refractivity (Wildman–Crippen MR) is 109 cm³/mol. The van der Waals surface area contributed by atoms with Crippen molar-refractivity contribution in [3.63, 3.8) is 0 Å². The van der Waals surface area contributed by atoms with Gasteiger partial charge in [-0.2, -0.15) is 0 Å². The highest BCUT2D eigenvalue weighted by Crippen LogP contribution is 2.42. The van der Waals surface area contributed by atoms with E-state index in [1.807, 2.05) is 7.05 Å². The lowest BCUT2D eigenvalue weighted by Crippen LogP contribution is -2.37. The fourth-order valence-corrected chi connectivity index (χ4v) is 4.99. The minimum absolute atomic E-state index is 0.00613. The van der Waals surface area contributed by atoms with Crippen molar-refractivity contribution in [2.45, 2.75) is 44.8 Å². The molecule has 1 aliphatic carbocycles. The number of benzene rings is 1. The lowest BCUT2D eigenvalue weighted by molar-refractivity contribution is 0.0694. The quantitative estimate of drug-likeness (QED) is 0.781. The first-order valence-corrected chi connectivity index (χ1v) is 10.2. The third-order valence-electron chi connectivity index (χ3n) is 7.06. The smallest absolute Gasteiger partial charge is 0.341 e. The van der Waals surface area contributed by atoms with Crippen molar-refractivity contribution in [3.05, 3.63) is 50.8 Å². The topological polar surface area (TPSA) is 65.8 Å². The third-order valence-corrected chi connectivity index (χ3v) is 7.06. The van der Waals surface area contributed by atoms with Crippen molar-refractivity contribution in [2.75, 3.05) is 25.0 Å². The van der Waals surface area contributed by atoms with E-state index in [4.69, 9.17) is 0 Å².